The molecule has 0 fully saturated rings. The molecule has 0 bridgehead atoms. The van der Waals surface area contributed by atoms with Crippen LogP contribution in [0.25, 0.3) is 5.69 Å². The third-order valence-electron chi connectivity index (χ3n) is 4.76. The van der Waals surface area contributed by atoms with Gasteiger partial charge in [0.2, 0.25) is 0 Å². The van der Waals surface area contributed by atoms with E-state index in [0.29, 0.717) is 10.6 Å². The third-order valence-corrected chi connectivity index (χ3v) is 5.09. The van der Waals surface area contributed by atoms with Crippen LogP contribution in [0.5, 0.6) is 0 Å². The zero-order valence-electron chi connectivity index (χ0n) is 16.0. The maximum atomic E-state index is 13.0. The summed E-state index contributed by atoms with van der Waals surface area (Å²) in [5.74, 6) is -0.205. The molecule has 0 aliphatic rings. The van der Waals surface area contributed by atoms with E-state index in [-0.39, 0.29) is 11.9 Å². The first-order valence-corrected chi connectivity index (χ1v) is 9.48. The molecule has 1 amide bonds. The Kier molecular flexibility index (Phi) is 5.65. The summed E-state index contributed by atoms with van der Waals surface area (Å²) in [6.45, 7) is 8.93. The molecule has 0 aliphatic heterocycles. The van der Waals surface area contributed by atoms with Gasteiger partial charge in [0.1, 0.15) is 0 Å². The van der Waals surface area contributed by atoms with Crippen LogP contribution in [0.2, 0.25) is 5.02 Å². The minimum absolute atomic E-state index is 0.123. The van der Waals surface area contributed by atoms with Gasteiger partial charge in [-0.15, -0.1) is 0 Å². The molecule has 2 aromatic heterocycles. The van der Waals surface area contributed by atoms with Gasteiger partial charge in [-0.2, -0.15) is 10.2 Å². The first-order valence-electron chi connectivity index (χ1n) is 9.10. The summed E-state index contributed by atoms with van der Waals surface area (Å²) in [6, 6.07) is 7.02. The molecule has 3 rings (SSSR count). The predicted octanol–water partition coefficient (Wildman–Crippen LogP) is 4.24. The van der Waals surface area contributed by atoms with Gasteiger partial charge in [0.25, 0.3) is 5.91 Å². The summed E-state index contributed by atoms with van der Waals surface area (Å²) in [5, 5.41) is 12.3. The molecule has 1 unspecified atom stereocenters. The molecular weight excluding hydrogens is 362 g/mol. The van der Waals surface area contributed by atoms with Crippen LogP contribution in [0.1, 0.15) is 53.6 Å². The number of amides is 1. The molecular formula is C20H24ClN5O. The number of nitrogens with one attached hydrogen (secondary N) is 1. The Morgan fingerprint density at radius 1 is 1.30 bits per heavy atom. The largest absolute Gasteiger partial charge is 0.345 e. The average Bonchev–Trinajstić information content (AvgIpc) is 3.28. The van der Waals surface area contributed by atoms with Crippen LogP contribution in [-0.4, -0.2) is 25.5 Å². The highest BCUT2D eigenvalue weighted by atomic mass is 35.5. The van der Waals surface area contributed by atoms with Crippen molar-refractivity contribution in [2.24, 2.45) is 0 Å². The second-order valence-corrected chi connectivity index (χ2v) is 6.86. The zero-order chi connectivity index (χ0) is 19.6. The second-order valence-electron chi connectivity index (χ2n) is 6.45. The lowest BCUT2D eigenvalue weighted by atomic mass is 10.0. The van der Waals surface area contributed by atoms with Gasteiger partial charge in [-0.25, -0.2) is 4.68 Å². The summed E-state index contributed by atoms with van der Waals surface area (Å²) in [6.07, 6.45) is 4.28. The lowest BCUT2D eigenvalue weighted by Crippen LogP contribution is -2.29. The van der Waals surface area contributed by atoms with Gasteiger partial charge in [0.15, 0.2) is 0 Å². The van der Waals surface area contributed by atoms with Gasteiger partial charge < -0.3 is 5.32 Å². The van der Waals surface area contributed by atoms with E-state index in [9.17, 15) is 4.79 Å². The Bertz CT molecular complexity index is 946. The number of nitrogens with zero attached hydrogens (tertiary/aromatic N) is 4. The van der Waals surface area contributed by atoms with E-state index in [2.05, 4.69) is 29.4 Å². The highest BCUT2D eigenvalue weighted by Gasteiger charge is 2.23. The Morgan fingerprint density at radius 2 is 2.07 bits per heavy atom. The third kappa shape index (κ3) is 3.76. The molecule has 3 aromatic rings. The molecule has 0 radical (unpaired) electrons. The number of aromatic nitrogens is 4. The number of carbonyl (C=O) groups is 1. The van der Waals surface area contributed by atoms with Gasteiger partial charge in [-0.3, -0.25) is 9.48 Å². The van der Waals surface area contributed by atoms with Crippen LogP contribution >= 0.6 is 11.6 Å². The predicted molar refractivity (Wildman–Crippen MR) is 106 cm³/mol. The quantitative estimate of drug-likeness (QED) is 0.690. The van der Waals surface area contributed by atoms with Crippen molar-refractivity contribution < 1.29 is 4.79 Å². The van der Waals surface area contributed by atoms with E-state index in [0.717, 1.165) is 35.6 Å². The van der Waals surface area contributed by atoms with Crippen molar-refractivity contribution in [2.45, 2.75) is 46.7 Å². The fourth-order valence-corrected chi connectivity index (χ4v) is 3.59. The lowest BCUT2D eigenvalue weighted by molar-refractivity contribution is 0.0935. The lowest BCUT2D eigenvalue weighted by Gasteiger charge is -2.19. The Hall–Kier alpha value is -2.60. The standard InChI is InChI=1S/C20H24ClN5O/c1-5-18(19-13(3)24-25(6-2)14(19)4)23-20(27)16-12-15(8-9-17(16)21)26-11-7-10-22-26/h7-12,18H,5-6H2,1-4H3,(H,23,27). The highest BCUT2D eigenvalue weighted by Crippen LogP contribution is 2.26. The highest BCUT2D eigenvalue weighted by molar-refractivity contribution is 6.33. The average molecular weight is 386 g/mol. The summed E-state index contributed by atoms with van der Waals surface area (Å²) >= 11 is 6.31. The van der Waals surface area contributed by atoms with E-state index in [1.807, 2.05) is 36.9 Å². The normalized spacial score (nSPS) is 12.2. The first-order chi connectivity index (χ1) is 13.0. The summed E-state index contributed by atoms with van der Waals surface area (Å²) in [7, 11) is 0. The maximum Gasteiger partial charge on any atom is 0.253 e. The number of rotatable bonds is 6. The molecule has 142 valence electrons. The van der Waals surface area contributed by atoms with Crippen molar-refractivity contribution >= 4 is 17.5 Å². The molecule has 0 aliphatic carbocycles. The number of halogens is 1. The van der Waals surface area contributed by atoms with Crippen molar-refractivity contribution in [3.63, 3.8) is 0 Å². The molecule has 2 heterocycles. The molecule has 0 saturated carbocycles. The fraction of sp³-hybridized carbons (Fsp3) is 0.350. The summed E-state index contributed by atoms with van der Waals surface area (Å²) in [5.41, 5.74) is 4.32. The summed E-state index contributed by atoms with van der Waals surface area (Å²) in [4.78, 5) is 13.0. The van der Waals surface area contributed by atoms with Crippen molar-refractivity contribution in [1.29, 1.82) is 0 Å². The minimum Gasteiger partial charge on any atom is -0.345 e. The molecule has 7 heteroatoms. The van der Waals surface area contributed by atoms with E-state index >= 15 is 0 Å². The number of hydrogen-bond donors (Lipinski definition) is 1. The fourth-order valence-electron chi connectivity index (χ4n) is 3.39. The molecule has 0 spiro atoms. The minimum atomic E-state index is -0.205. The molecule has 1 atom stereocenters. The molecule has 27 heavy (non-hydrogen) atoms. The monoisotopic (exact) mass is 385 g/mol. The van der Waals surface area contributed by atoms with Crippen LogP contribution in [0.15, 0.2) is 36.7 Å². The topological polar surface area (TPSA) is 64.7 Å². The number of benzene rings is 1. The maximum absolute atomic E-state index is 13.0. The molecule has 0 saturated heterocycles. The van der Waals surface area contributed by atoms with Crippen LogP contribution < -0.4 is 5.32 Å². The number of hydrogen-bond acceptors (Lipinski definition) is 3. The van der Waals surface area contributed by atoms with Gasteiger partial charge in [-0.1, -0.05) is 18.5 Å². The Morgan fingerprint density at radius 3 is 2.67 bits per heavy atom. The van der Waals surface area contributed by atoms with Gasteiger partial charge in [-0.05, 0) is 51.5 Å². The second kappa shape index (κ2) is 7.96. The van der Waals surface area contributed by atoms with Crippen LogP contribution in [-0.2, 0) is 6.54 Å². The van der Waals surface area contributed by atoms with E-state index in [4.69, 9.17) is 11.6 Å². The Labute approximate surface area is 164 Å². The van der Waals surface area contributed by atoms with Crippen molar-refractivity contribution in [3.8, 4) is 5.69 Å². The number of carbonyl (C=O) groups excluding carboxylic acids is 1. The van der Waals surface area contributed by atoms with E-state index in [1.165, 1.54) is 0 Å². The van der Waals surface area contributed by atoms with Crippen molar-refractivity contribution in [3.05, 3.63) is 64.2 Å². The molecule has 6 nitrogen and oxygen atoms in total. The van der Waals surface area contributed by atoms with Crippen LogP contribution in [0, 0.1) is 13.8 Å². The molecule has 1 aromatic carbocycles. The van der Waals surface area contributed by atoms with E-state index < -0.39 is 0 Å². The van der Waals surface area contributed by atoms with Crippen LogP contribution in [0.4, 0.5) is 0 Å². The summed E-state index contributed by atoms with van der Waals surface area (Å²) < 4.78 is 3.66. The SMILES string of the molecule is CCC(NC(=O)c1cc(-n2cccn2)ccc1Cl)c1c(C)nn(CC)c1C. The first kappa shape index (κ1) is 19.2. The Balaban J connectivity index is 1.90. The molecule has 1 N–H and O–H groups in total. The van der Waals surface area contributed by atoms with Crippen molar-refractivity contribution in [2.75, 3.05) is 0 Å². The van der Waals surface area contributed by atoms with Gasteiger partial charge in [0.05, 0.1) is 28.0 Å². The van der Waals surface area contributed by atoms with Gasteiger partial charge in [0, 0.05) is 30.2 Å². The van der Waals surface area contributed by atoms with Crippen LogP contribution in [0.3, 0.4) is 0 Å². The van der Waals surface area contributed by atoms with E-state index in [1.54, 1.807) is 23.0 Å². The smallest absolute Gasteiger partial charge is 0.253 e. The zero-order valence-corrected chi connectivity index (χ0v) is 16.8. The number of aryl methyl sites for hydroxylation is 2. The van der Waals surface area contributed by atoms with Crippen molar-refractivity contribution in [1.82, 2.24) is 24.9 Å². The van der Waals surface area contributed by atoms with Gasteiger partial charge >= 0.3 is 0 Å².